The summed E-state index contributed by atoms with van der Waals surface area (Å²) in [4.78, 5) is 38.9. The van der Waals surface area contributed by atoms with Crippen LogP contribution in [-0.2, 0) is 27.3 Å². The smallest absolute Gasteiger partial charge is 0.305 e. The van der Waals surface area contributed by atoms with E-state index in [-0.39, 0.29) is 50.3 Å². The largest absolute Gasteiger partial charge is 0.491 e. The van der Waals surface area contributed by atoms with Crippen molar-refractivity contribution in [3.8, 4) is 5.75 Å². The van der Waals surface area contributed by atoms with Crippen LogP contribution in [0.5, 0.6) is 5.75 Å². The molecule has 0 aromatic heterocycles. The van der Waals surface area contributed by atoms with Crippen molar-refractivity contribution in [3.05, 3.63) is 63.1 Å². The molecular formula is C28H34Cl2N2O5. The number of aliphatic carboxylic acids is 1. The molecule has 37 heavy (non-hydrogen) atoms. The lowest BCUT2D eigenvalue weighted by atomic mass is 9.99. The number of amides is 2. The summed E-state index contributed by atoms with van der Waals surface area (Å²) >= 11 is 12.4. The number of rotatable bonds is 14. The highest BCUT2D eigenvalue weighted by Gasteiger charge is 2.28. The molecular weight excluding hydrogens is 515 g/mol. The summed E-state index contributed by atoms with van der Waals surface area (Å²) < 4.78 is 5.94. The Labute approximate surface area is 228 Å². The summed E-state index contributed by atoms with van der Waals surface area (Å²) in [6.07, 6.45) is 3.13. The normalized spacial score (nSPS) is 14.5. The van der Waals surface area contributed by atoms with Crippen molar-refractivity contribution < 1.29 is 24.2 Å². The van der Waals surface area contributed by atoms with Crippen LogP contribution in [-0.4, -0.2) is 52.4 Å². The highest BCUT2D eigenvalue weighted by atomic mass is 35.5. The summed E-state index contributed by atoms with van der Waals surface area (Å²) in [7, 11) is 0. The average molecular weight is 549 g/mol. The molecule has 0 bridgehead atoms. The molecule has 1 aliphatic heterocycles. The summed E-state index contributed by atoms with van der Waals surface area (Å²) in [5, 5.41) is 10.5. The van der Waals surface area contributed by atoms with E-state index in [1.807, 2.05) is 25.1 Å². The van der Waals surface area contributed by atoms with E-state index < -0.39 is 5.97 Å². The first-order valence-electron chi connectivity index (χ1n) is 12.7. The van der Waals surface area contributed by atoms with Gasteiger partial charge in [0, 0.05) is 25.4 Å². The number of carbonyl (C=O) groups excluding carboxylic acids is 2. The first kappa shape index (κ1) is 29.0. The molecule has 2 aromatic rings. The SMILES string of the molecule is CCCCN(Cc1ccc(OCCN2C(=O)CCC2=O)c(CC)c1)C(CC(=O)O)c1ccc(Cl)c(Cl)c1. The van der Waals surface area contributed by atoms with E-state index in [2.05, 4.69) is 17.9 Å². The van der Waals surface area contributed by atoms with E-state index >= 15 is 0 Å². The van der Waals surface area contributed by atoms with E-state index in [0.29, 0.717) is 16.6 Å². The van der Waals surface area contributed by atoms with Crippen molar-refractivity contribution >= 4 is 41.0 Å². The average Bonchev–Trinajstić information content (AvgIpc) is 3.19. The maximum Gasteiger partial charge on any atom is 0.305 e. The Morgan fingerprint density at radius 2 is 1.81 bits per heavy atom. The molecule has 1 unspecified atom stereocenters. The Bertz CT molecular complexity index is 1110. The lowest BCUT2D eigenvalue weighted by Gasteiger charge is -2.32. The first-order chi connectivity index (χ1) is 17.7. The van der Waals surface area contributed by atoms with Gasteiger partial charge in [0.1, 0.15) is 12.4 Å². The maximum atomic E-state index is 11.8. The van der Waals surface area contributed by atoms with Gasteiger partial charge in [-0.25, -0.2) is 0 Å². The third-order valence-electron chi connectivity index (χ3n) is 6.55. The molecule has 0 aliphatic carbocycles. The van der Waals surface area contributed by atoms with Gasteiger partial charge in [-0.3, -0.25) is 24.2 Å². The van der Waals surface area contributed by atoms with Gasteiger partial charge in [0.15, 0.2) is 0 Å². The van der Waals surface area contributed by atoms with Crippen LogP contribution >= 0.6 is 23.2 Å². The van der Waals surface area contributed by atoms with Gasteiger partial charge in [0.2, 0.25) is 11.8 Å². The number of hydrogen-bond acceptors (Lipinski definition) is 5. The number of likely N-dealkylation sites (tertiary alicyclic amines) is 1. The van der Waals surface area contributed by atoms with Gasteiger partial charge >= 0.3 is 5.97 Å². The van der Waals surface area contributed by atoms with Gasteiger partial charge in [-0.1, -0.05) is 61.7 Å². The minimum absolute atomic E-state index is 0.0581. The summed E-state index contributed by atoms with van der Waals surface area (Å²) in [6, 6.07) is 10.9. The van der Waals surface area contributed by atoms with Gasteiger partial charge in [-0.15, -0.1) is 0 Å². The molecule has 1 aliphatic rings. The van der Waals surface area contributed by atoms with E-state index in [1.54, 1.807) is 12.1 Å². The zero-order valence-corrected chi connectivity index (χ0v) is 22.9. The Morgan fingerprint density at radius 3 is 2.43 bits per heavy atom. The molecule has 7 nitrogen and oxygen atoms in total. The number of imide groups is 1. The van der Waals surface area contributed by atoms with Crippen molar-refractivity contribution in [3.63, 3.8) is 0 Å². The topological polar surface area (TPSA) is 87.2 Å². The lowest BCUT2D eigenvalue weighted by molar-refractivity contribution is -0.140. The number of halogens is 2. The van der Waals surface area contributed by atoms with Crippen LogP contribution in [0.15, 0.2) is 36.4 Å². The van der Waals surface area contributed by atoms with Gasteiger partial charge in [0.25, 0.3) is 0 Å². The van der Waals surface area contributed by atoms with Gasteiger partial charge in [0.05, 0.1) is 23.0 Å². The van der Waals surface area contributed by atoms with E-state index in [9.17, 15) is 19.5 Å². The molecule has 1 heterocycles. The standard InChI is InChI=1S/C28H34Cl2N2O5/c1-3-5-12-31(24(17-28(35)36)21-7-8-22(29)23(30)16-21)18-19-6-9-25(20(4-2)15-19)37-14-13-32-26(33)10-11-27(32)34/h6-9,15-16,24H,3-5,10-14,17-18H2,1-2H3,(H,35,36). The molecule has 0 saturated carbocycles. The monoisotopic (exact) mass is 548 g/mol. The first-order valence-corrected chi connectivity index (χ1v) is 13.5. The molecule has 9 heteroatoms. The number of hydrogen-bond donors (Lipinski definition) is 1. The van der Waals surface area contributed by atoms with E-state index in [4.69, 9.17) is 27.9 Å². The number of carbonyl (C=O) groups is 3. The van der Waals surface area contributed by atoms with Crippen molar-refractivity contribution in [1.82, 2.24) is 9.80 Å². The van der Waals surface area contributed by atoms with Gasteiger partial charge in [-0.2, -0.15) is 0 Å². The molecule has 1 fully saturated rings. The zero-order valence-electron chi connectivity index (χ0n) is 21.3. The number of unbranched alkanes of at least 4 members (excludes halogenated alkanes) is 1. The Kier molecular flexibility index (Phi) is 10.8. The van der Waals surface area contributed by atoms with Crippen molar-refractivity contribution in [2.75, 3.05) is 19.7 Å². The zero-order chi connectivity index (χ0) is 26.9. The Morgan fingerprint density at radius 1 is 1.08 bits per heavy atom. The van der Waals surface area contributed by atoms with Crippen LogP contribution in [0.25, 0.3) is 0 Å². The van der Waals surface area contributed by atoms with Crippen LogP contribution in [0, 0.1) is 0 Å². The molecule has 0 radical (unpaired) electrons. The molecule has 0 spiro atoms. The highest BCUT2D eigenvalue weighted by Crippen LogP contribution is 2.32. The van der Waals surface area contributed by atoms with Crippen molar-refractivity contribution in [2.24, 2.45) is 0 Å². The highest BCUT2D eigenvalue weighted by molar-refractivity contribution is 6.42. The number of carboxylic acids is 1. The second-order valence-corrected chi connectivity index (χ2v) is 10.0. The van der Waals surface area contributed by atoms with Crippen LogP contribution in [0.3, 0.4) is 0 Å². The van der Waals surface area contributed by atoms with Crippen molar-refractivity contribution in [1.29, 1.82) is 0 Å². The molecule has 2 amide bonds. The van der Waals surface area contributed by atoms with Crippen LogP contribution in [0.4, 0.5) is 0 Å². The fraction of sp³-hybridized carbons (Fsp3) is 0.464. The quantitative estimate of drug-likeness (QED) is 0.295. The van der Waals surface area contributed by atoms with Crippen LogP contribution < -0.4 is 4.74 Å². The van der Waals surface area contributed by atoms with Crippen LogP contribution in [0.2, 0.25) is 10.0 Å². The third kappa shape index (κ3) is 7.94. The number of ether oxygens (including phenoxy) is 1. The van der Waals surface area contributed by atoms with Gasteiger partial charge in [-0.05, 0) is 54.3 Å². The summed E-state index contributed by atoms with van der Waals surface area (Å²) in [5.41, 5.74) is 2.87. The second-order valence-electron chi connectivity index (χ2n) is 9.19. The Balaban J connectivity index is 1.78. The molecule has 1 atom stereocenters. The summed E-state index contributed by atoms with van der Waals surface area (Å²) in [5.74, 6) is -0.461. The molecule has 3 rings (SSSR count). The number of aryl methyl sites for hydroxylation is 1. The van der Waals surface area contributed by atoms with Gasteiger partial charge < -0.3 is 9.84 Å². The summed E-state index contributed by atoms with van der Waals surface area (Å²) in [6.45, 7) is 5.92. The second kappa shape index (κ2) is 13.8. The van der Waals surface area contributed by atoms with Crippen molar-refractivity contribution in [2.45, 2.75) is 65.0 Å². The fourth-order valence-corrected chi connectivity index (χ4v) is 4.86. The Hall–Kier alpha value is -2.61. The third-order valence-corrected chi connectivity index (χ3v) is 7.29. The predicted octanol–water partition coefficient (Wildman–Crippen LogP) is 5.90. The molecule has 2 aromatic carbocycles. The number of nitrogens with zero attached hydrogens (tertiary/aromatic N) is 2. The van der Waals surface area contributed by atoms with Crippen LogP contribution in [0.1, 0.15) is 68.7 Å². The fourth-order valence-electron chi connectivity index (χ4n) is 4.55. The predicted molar refractivity (Wildman–Crippen MR) is 144 cm³/mol. The minimum Gasteiger partial charge on any atom is -0.491 e. The number of benzene rings is 2. The lowest BCUT2D eigenvalue weighted by Crippen LogP contribution is -2.33. The molecule has 1 saturated heterocycles. The van der Waals surface area contributed by atoms with E-state index in [1.165, 1.54) is 4.90 Å². The number of carboxylic acid groups (broad SMARTS) is 1. The minimum atomic E-state index is -0.884. The molecule has 200 valence electrons. The molecule has 1 N–H and O–H groups in total. The maximum absolute atomic E-state index is 11.8. The van der Waals surface area contributed by atoms with E-state index in [0.717, 1.165) is 48.2 Å².